The van der Waals surface area contributed by atoms with Gasteiger partial charge in [0.15, 0.2) is 34.7 Å². The molecule has 2 unspecified atom stereocenters. The van der Waals surface area contributed by atoms with Gasteiger partial charge in [-0.1, -0.05) is 17.7 Å². The van der Waals surface area contributed by atoms with E-state index in [2.05, 4.69) is 0 Å². The van der Waals surface area contributed by atoms with Gasteiger partial charge in [0, 0.05) is 31.3 Å². The number of nitrogens with two attached hydrogens (primary N) is 1. The van der Waals surface area contributed by atoms with E-state index in [0.29, 0.717) is 17.5 Å². The molecule has 0 aromatic heterocycles. The first-order chi connectivity index (χ1) is 18.2. The smallest absolute Gasteiger partial charge is 0.235 e. The van der Waals surface area contributed by atoms with Crippen LogP contribution in [-0.4, -0.2) is 84.0 Å². The van der Waals surface area contributed by atoms with Gasteiger partial charge in [0.25, 0.3) is 0 Å². The Bertz CT molecular complexity index is 1420. The SMILES string of the molecule is CC1=CC=C(c2cc(N(C)C)c3c(c2O)C(=O)C2C(=O)[C@]4(O)C(=O)C(C(N)=O)C(=O)[C@@H](N(C)C)[C@@H]4C[C@@H]2C3)C1. The number of benzene rings is 1. The van der Waals surface area contributed by atoms with E-state index in [1.807, 2.05) is 44.1 Å². The van der Waals surface area contributed by atoms with Crippen molar-refractivity contribution in [3.05, 3.63) is 40.5 Å². The predicted molar refractivity (Wildman–Crippen MR) is 142 cm³/mol. The van der Waals surface area contributed by atoms with Crippen LogP contribution in [0.15, 0.2) is 23.8 Å². The minimum Gasteiger partial charge on any atom is -0.507 e. The molecule has 39 heavy (non-hydrogen) atoms. The first-order valence-corrected chi connectivity index (χ1v) is 13.0. The minimum atomic E-state index is -2.73. The average Bonchev–Trinajstić information content (AvgIpc) is 3.26. The van der Waals surface area contributed by atoms with Crippen LogP contribution in [0.4, 0.5) is 5.69 Å². The van der Waals surface area contributed by atoms with Crippen molar-refractivity contribution in [3.63, 3.8) is 0 Å². The number of rotatable bonds is 4. The third-order valence-corrected chi connectivity index (χ3v) is 8.90. The number of hydrogen-bond acceptors (Lipinski definition) is 9. The minimum absolute atomic E-state index is 0.00764. The second-order valence-electron chi connectivity index (χ2n) is 11.7. The Balaban J connectivity index is 1.67. The van der Waals surface area contributed by atoms with Crippen molar-refractivity contribution in [2.45, 2.75) is 37.8 Å². The summed E-state index contributed by atoms with van der Waals surface area (Å²) in [4.78, 5) is 70.2. The molecule has 0 spiro atoms. The fourth-order valence-corrected chi connectivity index (χ4v) is 7.14. The zero-order valence-corrected chi connectivity index (χ0v) is 22.6. The number of phenols is 1. The van der Waals surface area contributed by atoms with E-state index in [0.717, 1.165) is 16.8 Å². The number of phenolic OH excluding ortho intramolecular Hbond substituents is 1. The van der Waals surface area contributed by atoms with Crippen molar-refractivity contribution in [3.8, 4) is 5.75 Å². The van der Waals surface area contributed by atoms with Crippen LogP contribution in [0.25, 0.3) is 5.57 Å². The maximum atomic E-state index is 14.1. The molecule has 2 fully saturated rings. The highest BCUT2D eigenvalue weighted by Gasteiger charge is 2.69. The Morgan fingerprint density at radius 1 is 1.08 bits per heavy atom. The van der Waals surface area contributed by atoms with Crippen LogP contribution in [0.2, 0.25) is 0 Å². The monoisotopic (exact) mass is 535 g/mol. The van der Waals surface area contributed by atoms with E-state index >= 15 is 0 Å². The number of amides is 1. The Morgan fingerprint density at radius 3 is 2.28 bits per heavy atom. The number of carbonyl (C=O) groups is 5. The van der Waals surface area contributed by atoms with E-state index in [-0.39, 0.29) is 24.2 Å². The summed E-state index contributed by atoms with van der Waals surface area (Å²) in [6.07, 6.45) is 4.67. The van der Waals surface area contributed by atoms with Gasteiger partial charge in [0.1, 0.15) is 5.75 Å². The number of ketones is 4. The molecule has 4 aliphatic carbocycles. The zero-order chi connectivity index (χ0) is 28.7. The number of likely N-dealkylation sites (N-methyl/N-ethyl adjacent to an activating group) is 1. The topological polar surface area (TPSA) is 158 Å². The number of nitrogens with zero attached hydrogens (tertiary/aromatic N) is 2. The summed E-state index contributed by atoms with van der Waals surface area (Å²) in [7, 11) is 6.78. The highest BCUT2D eigenvalue weighted by atomic mass is 16.3. The van der Waals surface area contributed by atoms with Crippen molar-refractivity contribution in [1.82, 2.24) is 4.90 Å². The third-order valence-electron chi connectivity index (χ3n) is 8.90. The summed E-state index contributed by atoms with van der Waals surface area (Å²) in [5, 5.41) is 23.1. The fraction of sp³-hybridized carbons (Fsp3) is 0.483. The van der Waals surface area contributed by atoms with Crippen molar-refractivity contribution in [2.24, 2.45) is 29.4 Å². The summed E-state index contributed by atoms with van der Waals surface area (Å²) >= 11 is 0. The van der Waals surface area contributed by atoms with Crippen LogP contribution in [0.1, 0.15) is 41.3 Å². The molecule has 1 aromatic carbocycles. The van der Waals surface area contributed by atoms with Gasteiger partial charge in [0.05, 0.1) is 17.5 Å². The van der Waals surface area contributed by atoms with Crippen molar-refractivity contribution < 1.29 is 34.2 Å². The van der Waals surface area contributed by atoms with Gasteiger partial charge in [-0.3, -0.25) is 28.9 Å². The molecule has 0 bridgehead atoms. The molecule has 0 aliphatic heterocycles. The molecule has 0 radical (unpaired) electrons. The largest absolute Gasteiger partial charge is 0.507 e. The molecular formula is C29H33N3O7. The molecule has 10 heteroatoms. The number of primary amides is 1. The highest BCUT2D eigenvalue weighted by molar-refractivity contribution is 6.32. The highest BCUT2D eigenvalue weighted by Crippen LogP contribution is 2.53. The molecule has 1 amide bonds. The summed E-state index contributed by atoms with van der Waals surface area (Å²) in [5.41, 5.74) is 6.36. The molecule has 4 aliphatic rings. The third kappa shape index (κ3) is 3.65. The maximum absolute atomic E-state index is 14.1. The number of hydrogen-bond donors (Lipinski definition) is 3. The number of allylic oxidation sites excluding steroid dienone is 4. The summed E-state index contributed by atoms with van der Waals surface area (Å²) < 4.78 is 0. The molecule has 4 N–H and O–H groups in total. The summed E-state index contributed by atoms with van der Waals surface area (Å²) in [6.45, 7) is 1.96. The lowest BCUT2D eigenvalue weighted by molar-refractivity contribution is -0.181. The van der Waals surface area contributed by atoms with Crippen LogP contribution < -0.4 is 10.6 Å². The Kier molecular flexibility index (Phi) is 6.19. The van der Waals surface area contributed by atoms with Crippen molar-refractivity contribution >= 4 is 40.3 Å². The van der Waals surface area contributed by atoms with Gasteiger partial charge in [-0.15, -0.1) is 0 Å². The molecule has 10 nitrogen and oxygen atoms in total. The van der Waals surface area contributed by atoms with Crippen molar-refractivity contribution in [2.75, 3.05) is 33.1 Å². The van der Waals surface area contributed by atoms with Gasteiger partial charge in [-0.2, -0.15) is 0 Å². The quantitative estimate of drug-likeness (QED) is 0.471. The first kappa shape index (κ1) is 27.0. The lowest BCUT2D eigenvalue weighted by Gasteiger charge is -2.52. The molecule has 0 saturated heterocycles. The van der Waals surface area contributed by atoms with E-state index in [1.54, 1.807) is 14.1 Å². The van der Waals surface area contributed by atoms with E-state index < -0.39 is 64.4 Å². The normalized spacial score (nSPS) is 31.9. The van der Waals surface area contributed by atoms with Gasteiger partial charge >= 0.3 is 0 Å². The fourth-order valence-electron chi connectivity index (χ4n) is 7.14. The van der Waals surface area contributed by atoms with E-state index in [9.17, 15) is 34.2 Å². The lowest BCUT2D eigenvalue weighted by Crippen LogP contribution is -2.74. The molecular weight excluding hydrogens is 502 g/mol. The first-order valence-electron chi connectivity index (χ1n) is 13.0. The van der Waals surface area contributed by atoms with Gasteiger partial charge in [-0.25, -0.2) is 0 Å². The second kappa shape index (κ2) is 8.96. The predicted octanol–water partition coefficient (Wildman–Crippen LogP) is 0.666. The van der Waals surface area contributed by atoms with Crippen LogP contribution in [0.3, 0.4) is 0 Å². The molecule has 1 aromatic rings. The van der Waals surface area contributed by atoms with Crippen LogP contribution >= 0.6 is 0 Å². The number of aliphatic hydroxyl groups is 1. The van der Waals surface area contributed by atoms with Gasteiger partial charge in [0.2, 0.25) is 5.91 Å². The Labute approximate surface area is 226 Å². The number of carbonyl (C=O) groups excluding carboxylic acids is 5. The number of fused-ring (bicyclic) bond motifs is 3. The number of Topliss-reactive ketones (excluding diaryl/α,β-unsaturated/α-hetero) is 4. The molecule has 0 heterocycles. The Morgan fingerprint density at radius 2 is 1.74 bits per heavy atom. The van der Waals surface area contributed by atoms with Crippen molar-refractivity contribution in [1.29, 1.82) is 0 Å². The second-order valence-corrected chi connectivity index (χ2v) is 11.7. The van der Waals surface area contributed by atoms with Crippen LogP contribution in [0, 0.1) is 23.7 Å². The van der Waals surface area contributed by atoms with Gasteiger partial charge < -0.3 is 20.8 Å². The van der Waals surface area contributed by atoms with Gasteiger partial charge in [-0.05, 0) is 63.4 Å². The number of anilines is 1. The van der Waals surface area contributed by atoms with E-state index in [1.165, 1.54) is 4.90 Å². The van der Waals surface area contributed by atoms with Crippen LogP contribution in [0.5, 0.6) is 5.75 Å². The zero-order valence-electron chi connectivity index (χ0n) is 22.6. The molecule has 5 rings (SSSR count). The average molecular weight is 536 g/mol. The standard InChI is InChI=1S/C29H33N3O7/c1-12-6-7-13(8-12)15-11-18(31(2)3)16-9-14-10-17-22(32(4)5)25(35)21(28(30)38)27(37)29(17,39)26(36)19(14)24(34)20(16)23(15)33/h6-7,11,14,17,19,21-22,33,39H,8-10H2,1-5H3,(H2,30,38)/t14-,17-,19?,21?,22-,29-/m0/s1. The molecule has 2 saturated carbocycles. The molecule has 6 atom stereocenters. The lowest BCUT2D eigenvalue weighted by atomic mass is 9.52. The summed E-state index contributed by atoms with van der Waals surface area (Å²) in [6, 6.07) is 0.718. The number of aromatic hydroxyl groups is 1. The van der Waals surface area contributed by atoms with Crippen LogP contribution in [-0.2, 0) is 25.6 Å². The summed E-state index contributed by atoms with van der Waals surface area (Å²) in [5.74, 6) is -10.4. The Hall–Kier alpha value is -3.63. The maximum Gasteiger partial charge on any atom is 0.235 e. The van der Waals surface area contributed by atoms with E-state index in [4.69, 9.17) is 5.73 Å². The molecule has 206 valence electrons.